The third-order valence-electron chi connectivity index (χ3n) is 5.13. The molecule has 0 spiro atoms. The maximum Gasteiger partial charge on any atom is 0.237 e. The van der Waals surface area contributed by atoms with Gasteiger partial charge >= 0.3 is 0 Å². The molecule has 0 bridgehead atoms. The molecule has 0 saturated carbocycles. The van der Waals surface area contributed by atoms with Crippen LogP contribution in [0.2, 0.25) is 0 Å². The molecule has 9 heteroatoms. The highest BCUT2D eigenvalue weighted by atomic mass is 32.2. The summed E-state index contributed by atoms with van der Waals surface area (Å²) < 4.78 is 37.8. The molecule has 0 aromatic heterocycles. The van der Waals surface area contributed by atoms with Crippen LogP contribution in [-0.2, 0) is 14.8 Å². The molecule has 2 fully saturated rings. The molecule has 2 aliphatic rings. The quantitative estimate of drug-likeness (QED) is 0.674. The van der Waals surface area contributed by atoms with Gasteiger partial charge < -0.3 is 4.90 Å². The van der Waals surface area contributed by atoms with Crippen molar-refractivity contribution in [1.82, 2.24) is 20.5 Å². The van der Waals surface area contributed by atoms with Gasteiger partial charge in [-0.25, -0.2) is 17.5 Å². The Morgan fingerprint density at radius 2 is 2.08 bits per heavy atom. The number of carbonyl (C=O) groups is 1. The van der Waals surface area contributed by atoms with Gasteiger partial charge in [-0.05, 0) is 36.5 Å². The summed E-state index contributed by atoms with van der Waals surface area (Å²) in [5.41, 5.74) is 7.56. The molecule has 144 valence electrons. The number of hydrazine groups is 1. The first-order valence-corrected chi connectivity index (χ1v) is 10.7. The Morgan fingerprint density at radius 1 is 1.35 bits per heavy atom. The van der Waals surface area contributed by atoms with Crippen molar-refractivity contribution in [2.45, 2.75) is 24.8 Å². The fourth-order valence-corrected chi connectivity index (χ4v) is 4.22. The molecule has 3 unspecified atom stereocenters. The third kappa shape index (κ3) is 4.79. The van der Waals surface area contributed by atoms with Gasteiger partial charge in [0.1, 0.15) is 5.82 Å². The zero-order valence-corrected chi connectivity index (χ0v) is 15.6. The molecule has 1 amide bonds. The number of likely N-dealkylation sites (tertiary alicyclic amines) is 1. The molecule has 1 aromatic rings. The molecular formula is C17H25FN4O3S. The van der Waals surface area contributed by atoms with Gasteiger partial charge in [0.05, 0.1) is 12.8 Å². The summed E-state index contributed by atoms with van der Waals surface area (Å²) in [6.45, 7) is 1.77. The van der Waals surface area contributed by atoms with Crippen LogP contribution in [0.15, 0.2) is 24.3 Å². The minimum atomic E-state index is -3.39. The number of hydrogen-bond donors (Lipinski definition) is 3. The second kappa shape index (κ2) is 7.99. The van der Waals surface area contributed by atoms with Crippen LogP contribution in [-0.4, -0.2) is 57.7 Å². The van der Waals surface area contributed by atoms with Crippen molar-refractivity contribution in [3.8, 4) is 0 Å². The van der Waals surface area contributed by atoms with E-state index in [-0.39, 0.29) is 36.1 Å². The largest absolute Gasteiger partial charge is 0.341 e. The predicted molar refractivity (Wildman–Crippen MR) is 96.2 cm³/mol. The molecule has 3 rings (SSSR count). The van der Waals surface area contributed by atoms with Gasteiger partial charge in [-0.1, -0.05) is 12.1 Å². The van der Waals surface area contributed by atoms with Gasteiger partial charge in [-0.2, -0.15) is 0 Å². The van der Waals surface area contributed by atoms with Crippen LogP contribution in [0, 0.1) is 11.7 Å². The number of carbonyl (C=O) groups excluding carboxylic acids is 1. The van der Waals surface area contributed by atoms with Crippen molar-refractivity contribution in [2.75, 3.05) is 32.4 Å². The molecule has 0 aliphatic carbocycles. The Bertz CT molecular complexity index is 741. The summed E-state index contributed by atoms with van der Waals surface area (Å²) in [7, 11) is -3.39. The standard InChI is InChI=1S/C17H25FN4O3S/c1-26(24,25)20-10-16(23)22-8-2-3-13(11-22)17-15(9-19-21-17)12-4-6-14(18)7-5-12/h4-7,13,15,17,19-21H,2-3,8-11H2,1H3. The molecule has 3 N–H and O–H groups in total. The average Bonchev–Trinajstić information content (AvgIpc) is 3.09. The van der Waals surface area contributed by atoms with E-state index in [1.807, 2.05) is 12.1 Å². The van der Waals surface area contributed by atoms with E-state index in [2.05, 4.69) is 15.6 Å². The first-order valence-electron chi connectivity index (χ1n) is 8.80. The fourth-order valence-electron chi connectivity index (χ4n) is 3.83. The van der Waals surface area contributed by atoms with Crippen molar-refractivity contribution in [1.29, 1.82) is 0 Å². The number of rotatable bonds is 5. The van der Waals surface area contributed by atoms with Crippen molar-refractivity contribution in [3.05, 3.63) is 35.6 Å². The van der Waals surface area contributed by atoms with Crippen LogP contribution >= 0.6 is 0 Å². The van der Waals surface area contributed by atoms with E-state index in [0.29, 0.717) is 13.1 Å². The first-order chi connectivity index (χ1) is 12.3. The maximum atomic E-state index is 13.2. The highest BCUT2D eigenvalue weighted by Gasteiger charge is 2.37. The van der Waals surface area contributed by atoms with E-state index >= 15 is 0 Å². The van der Waals surface area contributed by atoms with Crippen LogP contribution in [0.25, 0.3) is 0 Å². The zero-order chi connectivity index (χ0) is 18.7. The van der Waals surface area contributed by atoms with E-state index in [0.717, 1.165) is 31.2 Å². The van der Waals surface area contributed by atoms with E-state index < -0.39 is 10.0 Å². The fraction of sp³-hybridized carbons (Fsp3) is 0.588. The van der Waals surface area contributed by atoms with Crippen LogP contribution in [0.4, 0.5) is 4.39 Å². The van der Waals surface area contributed by atoms with Gasteiger partial charge in [0.15, 0.2) is 0 Å². The van der Waals surface area contributed by atoms with Gasteiger partial charge in [0.2, 0.25) is 15.9 Å². The molecule has 1 aromatic carbocycles. The van der Waals surface area contributed by atoms with Gasteiger partial charge in [-0.15, -0.1) is 0 Å². The Morgan fingerprint density at radius 3 is 2.77 bits per heavy atom. The Labute approximate surface area is 153 Å². The van der Waals surface area contributed by atoms with E-state index in [4.69, 9.17) is 0 Å². The van der Waals surface area contributed by atoms with E-state index in [1.54, 1.807) is 4.90 Å². The number of hydrogen-bond acceptors (Lipinski definition) is 5. The predicted octanol–water partition coefficient (Wildman–Crippen LogP) is 0.174. The summed E-state index contributed by atoms with van der Waals surface area (Å²) in [4.78, 5) is 14.0. The highest BCUT2D eigenvalue weighted by molar-refractivity contribution is 7.88. The second-order valence-corrected chi connectivity index (χ2v) is 8.88. The molecule has 7 nitrogen and oxygen atoms in total. The molecular weight excluding hydrogens is 359 g/mol. The number of sulfonamides is 1. The lowest BCUT2D eigenvalue weighted by atomic mass is 9.81. The lowest BCUT2D eigenvalue weighted by molar-refractivity contribution is -0.131. The summed E-state index contributed by atoms with van der Waals surface area (Å²) in [5.74, 6) is -0.0118. The number of halogens is 1. The molecule has 2 aliphatic heterocycles. The topological polar surface area (TPSA) is 90.5 Å². The van der Waals surface area contributed by atoms with Gasteiger partial charge in [-0.3, -0.25) is 15.6 Å². The minimum absolute atomic E-state index is 0.138. The molecule has 2 saturated heterocycles. The van der Waals surface area contributed by atoms with Crippen LogP contribution in [0.1, 0.15) is 24.3 Å². The Balaban J connectivity index is 1.64. The second-order valence-electron chi connectivity index (χ2n) is 7.04. The first kappa shape index (κ1) is 19.2. The lowest BCUT2D eigenvalue weighted by Crippen LogP contribution is -2.50. The number of piperidine rings is 1. The summed E-state index contributed by atoms with van der Waals surface area (Å²) >= 11 is 0. The monoisotopic (exact) mass is 384 g/mol. The van der Waals surface area contributed by atoms with E-state index in [9.17, 15) is 17.6 Å². The highest BCUT2D eigenvalue weighted by Crippen LogP contribution is 2.31. The van der Waals surface area contributed by atoms with Crippen LogP contribution < -0.4 is 15.6 Å². The SMILES string of the molecule is CS(=O)(=O)NCC(=O)N1CCCC(C2NNCC2c2ccc(F)cc2)C1. The van der Waals surface area contributed by atoms with Crippen LogP contribution in [0.3, 0.4) is 0 Å². The molecule has 26 heavy (non-hydrogen) atoms. The Kier molecular flexibility index (Phi) is 5.91. The number of nitrogens with zero attached hydrogens (tertiary/aromatic N) is 1. The summed E-state index contributed by atoms with van der Waals surface area (Å²) in [5, 5.41) is 0. The number of nitrogens with one attached hydrogen (secondary N) is 3. The van der Waals surface area contributed by atoms with Crippen LogP contribution in [0.5, 0.6) is 0 Å². The maximum absolute atomic E-state index is 13.2. The number of benzene rings is 1. The molecule has 2 heterocycles. The normalized spacial score (nSPS) is 26.8. The third-order valence-corrected chi connectivity index (χ3v) is 5.80. The van der Waals surface area contributed by atoms with Crippen molar-refractivity contribution < 1.29 is 17.6 Å². The smallest absolute Gasteiger partial charge is 0.237 e. The van der Waals surface area contributed by atoms with E-state index in [1.165, 1.54) is 12.1 Å². The minimum Gasteiger partial charge on any atom is -0.341 e. The molecule has 0 radical (unpaired) electrons. The molecule has 3 atom stereocenters. The summed E-state index contributed by atoms with van der Waals surface area (Å²) in [6.07, 6.45) is 2.91. The van der Waals surface area contributed by atoms with Crippen molar-refractivity contribution >= 4 is 15.9 Å². The van der Waals surface area contributed by atoms with Crippen molar-refractivity contribution in [2.24, 2.45) is 5.92 Å². The summed E-state index contributed by atoms with van der Waals surface area (Å²) in [6, 6.07) is 6.70. The lowest BCUT2D eigenvalue weighted by Gasteiger charge is -2.37. The Hall–Kier alpha value is -1.55. The van der Waals surface area contributed by atoms with Crippen molar-refractivity contribution in [3.63, 3.8) is 0 Å². The average molecular weight is 384 g/mol. The van der Waals surface area contributed by atoms with Gasteiger partial charge in [0.25, 0.3) is 0 Å². The van der Waals surface area contributed by atoms with Gasteiger partial charge in [0, 0.05) is 31.6 Å². The number of amides is 1. The zero-order valence-electron chi connectivity index (χ0n) is 14.7.